The van der Waals surface area contributed by atoms with E-state index in [1.165, 1.54) is 0 Å². The molecule has 6 aliphatic rings. The van der Waals surface area contributed by atoms with Crippen molar-refractivity contribution in [2.75, 3.05) is 34.7 Å². The van der Waals surface area contributed by atoms with Crippen LogP contribution in [0.1, 0.15) is 74.2 Å². The van der Waals surface area contributed by atoms with Crippen LogP contribution in [0, 0.1) is 17.8 Å². The molecule has 3 N–H and O–H groups in total. The molecule has 102 heavy (non-hydrogen) atoms. The monoisotopic (exact) mass is 1440 g/mol. The van der Waals surface area contributed by atoms with Crippen LogP contribution in [0.4, 0.5) is 64.4 Å². The molecule has 24 nitrogen and oxygen atoms in total. The Morgan fingerprint density at radius 2 is 0.667 bits per heavy atom. The van der Waals surface area contributed by atoms with Crippen LogP contribution in [0.15, 0.2) is 139 Å². The van der Waals surface area contributed by atoms with Crippen LogP contribution in [0.2, 0.25) is 0 Å². The van der Waals surface area contributed by atoms with Crippen LogP contribution in [0.3, 0.4) is 0 Å². The number of carbonyl (C=O) groups is 3. The maximum absolute atomic E-state index is 13.3. The number of sulfone groups is 3. The molecule has 0 spiro atoms. The number of carbonyl (C=O) groups excluding carboxylic acids is 3. The van der Waals surface area contributed by atoms with Crippen molar-refractivity contribution in [3.05, 3.63) is 144 Å². The Morgan fingerprint density at radius 1 is 0.412 bits per heavy atom. The van der Waals surface area contributed by atoms with Gasteiger partial charge in [0.1, 0.15) is 52.9 Å². The van der Waals surface area contributed by atoms with Crippen molar-refractivity contribution in [1.29, 1.82) is 0 Å². The van der Waals surface area contributed by atoms with E-state index < -0.39 is 65.8 Å². The number of anilines is 6. The maximum atomic E-state index is 13.3. The second-order valence-corrected chi connectivity index (χ2v) is 32.8. The molecule has 3 saturated carbocycles. The van der Waals surface area contributed by atoms with Gasteiger partial charge in [0.05, 0.1) is 118 Å². The number of benzene rings is 3. The lowest BCUT2D eigenvalue weighted by Gasteiger charge is -2.15. The van der Waals surface area contributed by atoms with E-state index in [1.807, 2.05) is 39.0 Å². The van der Waals surface area contributed by atoms with Gasteiger partial charge in [-0.2, -0.15) is 15.3 Å². The molecule has 3 aliphatic heterocycles. The number of nitrogens with one attached hydrogen (secondary N) is 3. The molecule has 3 fully saturated rings. The highest BCUT2D eigenvalue weighted by atomic mass is 32.2. The highest BCUT2D eigenvalue weighted by molar-refractivity contribution is 7.91. The lowest BCUT2D eigenvalue weighted by atomic mass is 10.1. The fourth-order valence-electron chi connectivity index (χ4n) is 12.5. The molecule has 0 bridgehead atoms. The zero-order valence-electron chi connectivity index (χ0n) is 57.1. The standard InChI is InChI=1S/3C24H24FN5O3S/c3*1-13-8-20-24(26-13)21(10-15(27-20)11-22(31)16-12-17(16)25)28-19-5-4-14(9-23(19)34(3,32)33)18-6-7-30(2)29-18/h3*4-7,9-10,16-17H,8,11-12H2,1-3H3,(H,27,28)/t16-,17?;2*16-,17+/m110/s1. The van der Waals surface area contributed by atoms with Gasteiger partial charge < -0.3 is 16.0 Å². The van der Waals surface area contributed by atoms with Crippen LogP contribution >= 0.6 is 0 Å². The Labute approximate surface area is 586 Å². The van der Waals surface area contributed by atoms with Crippen LogP contribution in [-0.4, -0.2) is 141 Å². The quantitative estimate of drug-likeness (QED) is 0.0602. The van der Waals surface area contributed by atoms with E-state index in [0.717, 1.165) is 35.9 Å². The number of rotatable bonds is 21. The van der Waals surface area contributed by atoms with Crippen molar-refractivity contribution in [1.82, 2.24) is 44.3 Å². The molecule has 6 atom stereocenters. The van der Waals surface area contributed by atoms with E-state index >= 15 is 0 Å². The Balaban J connectivity index is 0.000000137. The summed E-state index contributed by atoms with van der Waals surface area (Å²) in [4.78, 5) is 64.9. The number of pyridine rings is 3. The molecule has 3 aromatic carbocycles. The van der Waals surface area contributed by atoms with Crippen LogP contribution in [0.5, 0.6) is 0 Å². The second-order valence-electron chi connectivity index (χ2n) is 26.9. The third-order valence-corrected chi connectivity index (χ3v) is 21.4. The Morgan fingerprint density at radius 3 is 0.882 bits per heavy atom. The van der Waals surface area contributed by atoms with Gasteiger partial charge in [0, 0.05) is 131 Å². The minimum atomic E-state index is -3.58. The summed E-state index contributed by atoms with van der Waals surface area (Å²) in [6, 6.07) is 25.8. The number of fused-ring (bicyclic) bond motifs is 3. The van der Waals surface area contributed by atoms with Gasteiger partial charge in [-0.3, -0.25) is 58.4 Å². The highest BCUT2D eigenvalue weighted by Gasteiger charge is 2.45. The number of aryl methyl sites for hydroxylation is 3. The third kappa shape index (κ3) is 15.8. The first kappa shape index (κ1) is 70.2. The Bertz CT molecular complexity index is 4910. The van der Waals surface area contributed by atoms with Gasteiger partial charge in [0.15, 0.2) is 29.5 Å². The smallest absolute Gasteiger partial charge is 0.177 e. The van der Waals surface area contributed by atoms with Crippen molar-refractivity contribution in [3.63, 3.8) is 0 Å². The molecular weight excluding hydrogens is 1370 g/mol. The van der Waals surface area contributed by atoms with Crippen molar-refractivity contribution in [2.45, 2.75) is 112 Å². The molecule has 0 radical (unpaired) electrons. The zero-order chi connectivity index (χ0) is 72.6. The fraction of sp³-hybridized carbons (Fsp3) is 0.333. The molecule has 0 amide bonds. The van der Waals surface area contributed by atoms with Gasteiger partial charge in [-0.25, -0.2) is 38.4 Å². The van der Waals surface area contributed by atoms with E-state index in [4.69, 9.17) is 0 Å². The number of alkyl halides is 3. The lowest BCUT2D eigenvalue weighted by molar-refractivity contribution is -0.120. The van der Waals surface area contributed by atoms with Gasteiger partial charge in [0.2, 0.25) is 0 Å². The molecule has 9 aromatic rings. The summed E-state index contributed by atoms with van der Waals surface area (Å²) in [6.07, 6.45) is 8.21. The lowest BCUT2D eigenvalue weighted by Crippen LogP contribution is -2.10. The molecule has 15 rings (SSSR count). The number of hydrogen-bond donors (Lipinski definition) is 3. The van der Waals surface area contributed by atoms with E-state index in [-0.39, 0.29) is 70.6 Å². The van der Waals surface area contributed by atoms with Crippen molar-refractivity contribution >= 4 is 115 Å². The summed E-state index contributed by atoms with van der Waals surface area (Å²) in [5.74, 6) is -2.13. The number of aromatic nitrogens is 9. The zero-order valence-corrected chi connectivity index (χ0v) is 59.6. The van der Waals surface area contributed by atoms with Gasteiger partial charge in [-0.15, -0.1) is 0 Å². The van der Waals surface area contributed by atoms with Gasteiger partial charge in [-0.05, 0) is 113 Å². The molecule has 528 valence electrons. The molecule has 1 unspecified atom stereocenters. The minimum absolute atomic E-state index is 0.0314. The summed E-state index contributed by atoms with van der Waals surface area (Å²) in [5.41, 5.74) is 15.0. The molecular formula is C72H72F3N15O9S3. The SMILES string of the molecule is CC1=Nc2c(Nc3ccc(-c4ccn(C)n4)cc3S(C)(=O)=O)cc(CC(=O)[C@@H]3CC3F)nc2C1.CC1=Nc2c(Nc3ccc(-c4ccn(C)n4)cc3S(C)(=O)=O)cc(CC(=O)[C@@H]3C[C@@H]3F)nc2C1.CC1=Nc2c(Nc3ccc(-c4ccn(C)n4)cc3S(C)(=O)=O)cc(CC(=O)[C@H]3C[C@H]3F)nc2C1. The van der Waals surface area contributed by atoms with E-state index in [9.17, 15) is 52.8 Å². The van der Waals surface area contributed by atoms with Crippen molar-refractivity contribution in [3.8, 4) is 33.8 Å². The van der Waals surface area contributed by atoms with Gasteiger partial charge in [-0.1, -0.05) is 18.2 Å². The summed E-state index contributed by atoms with van der Waals surface area (Å²) in [7, 11) is -5.37. The average molecular weight is 1440 g/mol. The Hall–Kier alpha value is -10.2. The van der Waals surface area contributed by atoms with Crippen molar-refractivity contribution in [2.24, 2.45) is 53.9 Å². The summed E-state index contributed by atoms with van der Waals surface area (Å²) in [6.45, 7) is 5.66. The predicted molar refractivity (Wildman–Crippen MR) is 382 cm³/mol. The van der Waals surface area contributed by atoms with Gasteiger partial charge in [0.25, 0.3) is 0 Å². The number of aliphatic imine (C=N–C) groups is 3. The molecule has 0 saturated heterocycles. The predicted octanol–water partition coefficient (Wildman–Crippen LogP) is 11.2. The first-order valence-electron chi connectivity index (χ1n) is 32.8. The largest absolute Gasteiger partial charge is 0.353 e. The highest BCUT2D eigenvalue weighted by Crippen LogP contribution is 2.44. The first-order valence-corrected chi connectivity index (χ1v) is 38.5. The van der Waals surface area contributed by atoms with Crippen LogP contribution in [-0.2, 0) is 104 Å². The second kappa shape index (κ2) is 27.3. The normalized spacial score (nSPS) is 19.0. The molecule has 9 heterocycles. The van der Waals surface area contributed by atoms with Crippen LogP contribution in [0.25, 0.3) is 33.8 Å². The van der Waals surface area contributed by atoms with E-state index in [1.54, 1.807) is 127 Å². The topological polar surface area (TPSA) is 319 Å². The van der Waals surface area contributed by atoms with Crippen molar-refractivity contribution < 1.29 is 52.8 Å². The molecule has 6 aromatic heterocycles. The third-order valence-electron chi connectivity index (χ3n) is 18.0. The Kier molecular flexibility index (Phi) is 18.8. The number of halogens is 3. The summed E-state index contributed by atoms with van der Waals surface area (Å²) >= 11 is 0. The maximum Gasteiger partial charge on any atom is 0.177 e. The summed E-state index contributed by atoms with van der Waals surface area (Å²) in [5, 5.41) is 22.7. The minimum Gasteiger partial charge on any atom is -0.353 e. The van der Waals surface area contributed by atoms with Crippen LogP contribution < -0.4 is 16.0 Å². The summed E-state index contributed by atoms with van der Waals surface area (Å²) < 4.78 is 121. The number of ketones is 3. The van der Waals surface area contributed by atoms with E-state index in [2.05, 4.69) is 61.2 Å². The fourth-order valence-corrected chi connectivity index (χ4v) is 15.1. The van der Waals surface area contributed by atoms with E-state index in [0.29, 0.717) is 138 Å². The average Bonchev–Trinajstić information content (AvgIpc) is 1.04. The first-order chi connectivity index (χ1) is 48.2. The number of Topliss-reactive ketones (excluding diaryl/α,β-unsaturated/α-hetero) is 3. The number of hydrogen-bond acceptors (Lipinski definition) is 21. The van der Waals surface area contributed by atoms with Gasteiger partial charge >= 0.3 is 0 Å². The number of nitrogens with zero attached hydrogens (tertiary/aromatic N) is 12. The molecule has 30 heteroatoms. The molecule has 3 aliphatic carbocycles.